The molecule has 2 N–H and O–H groups in total. The van der Waals surface area contributed by atoms with Crippen molar-refractivity contribution in [3.63, 3.8) is 0 Å². The van der Waals surface area contributed by atoms with Gasteiger partial charge in [-0.2, -0.15) is 0 Å². The third-order valence-electron chi connectivity index (χ3n) is 2.19. The van der Waals surface area contributed by atoms with Crippen LogP contribution in [0.1, 0.15) is 18.1 Å². The summed E-state index contributed by atoms with van der Waals surface area (Å²) in [6, 6.07) is 7.49. The number of hydrogen-bond donors (Lipinski definition) is 2. The molecule has 1 aromatic rings. The van der Waals surface area contributed by atoms with Gasteiger partial charge < -0.3 is 15.2 Å². The Labute approximate surface area is 107 Å². The summed E-state index contributed by atoms with van der Waals surface area (Å²) in [5, 5.41) is 11.3. The van der Waals surface area contributed by atoms with Gasteiger partial charge in [0, 0.05) is 18.7 Å². The molecule has 0 radical (unpaired) electrons. The van der Waals surface area contributed by atoms with E-state index in [1.54, 1.807) is 0 Å². The molecule has 1 amide bonds. The molecule has 0 aliphatic heterocycles. The lowest BCUT2D eigenvalue weighted by molar-refractivity contribution is -0.125. The third kappa shape index (κ3) is 5.48. The van der Waals surface area contributed by atoms with Crippen LogP contribution in [0, 0.1) is 11.8 Å². The van der Waals surface area contributed by atoms with E-state index in [4.69, 9.17) is 9.84 Å². The number of rotatable bonds is 5. The summed E-state index contributed by atoms with van der Waals surface area (Å²) >= 11 is 0. The van der Waals surface area contributed by atoms with Crippen LogP contribution in [0.25, 0.3) is 0 Å². The first-order chi connectivity index (χ1) is 8.76. The fourth-order valence-corrected chi connectivity index (χ4v) is 1.29. The van der Waals surface area contributed by atoms with Crippen LogP contribution in [-0.4, -0.2) is 30.8 Å². The Balaban J connectivity index is 2.41. The molecule has 0 aliphatic carbocycles. The SMILES string of the molecule is CCOCC(=O)NCc1ccc(C#CCO)cc1. The van der Waals surface area contributed by atoms with Crippen LogP contribution in [0.15, 0.2) is 24.3 Å². The first-order valence-electron chi connectivity index (χ1n) is 5.79. The summed E-state index contributed by atoms with van der Waals surface area (Å²) in [5.74, 6) is 5.26. The maximum atomic E-state index is 11.3. The highest BCUT2D eigenvalue weighted by Gasteiger charge is 2.00. The molecule has 96 valence electrons. The summed E-state index contributed by atoms with van der Waals surface area (Å²) in [4.78, 5) is 11.3. The van der Waals surface area contributed by atoms with E-state index in [0.717, 1.165) is 11.1 Å². The second-order valence-electron chi connectivity index (χ2n) is 3.57. The quantitative estimate of drug-likeness (QED) is 0.752. The van der Waals surface area contributed by atoms with Gasteiger partial charge in [0.15, 0.2) is 0 Å². The van der Waals surface area contributed by atoms with Crippen LogP contribution in [0.5, 0.6) is 0 Å². The average molecular weight is 247 g/mol. The van der Waals surface area contributed by atoms with Crippen LogP contribution in [0.4, 0.5) is 0 Å². The standard InChI is InChI=1S/C14H17NO3/c1-2-18-11-14(17)15-10-13-7-5-12(6-8-13)4-3-9-16/h5-8,16H,2,9-11H2,1H3,(H,15,17). The molecule has 0 aromatic heterocycles. The molecule has 0 atom stereocenters. The zero-order valence-electron chi connectivity index (χ0n) is 10.4. The minimum Gasteiger partial charge on any atom is -0.384 e. The lowest BCUT2D eigenvalue weighted by Crippen LogP contribution is -2.27. The molecular weight excluding hydrogens is 230 g/mol. The van der Waals surface area contributed by atoms with E-state index in [1.807, 2.05) is 31.2 Å². The number of hydrogen-bond acceptors (Lipinski definition) is 3. The van der Waals surface area contributed by atoms with Gasteiger partial charge in [-0.1, -0.05) is 24.0 Å². The Morgan fingerprint density at radius 3 is 2.72 bits per heavy atom. The van der Waals surface area contributed by atoms with E-state index in [0.29, 0.717) is 13.2 Å². The summed E-state index contributed by atoms with van der Waals surface area (Å²) in [6.07, 6.45) is 0. The molecule has 0 bridgehead atoms. The lowest BCUT2D eigenvalue weighted by atomic mass is 10.1. The zero-order chi connectivity index (χ0) is 13.2. The predicted molar refractivity (Wildman–Crippen MR) is 68.7 cm³/mol. The number of carbonyl (C=O) groups excluding carboxylic acids is 1. The number of aliphatic hydroxyl groups excluding tert-OH is 1. The van der Waals surface area contributed by atoms with Gasteiger partial charge in [-0.25, -0.2) is 0 Å². The molecule has 4 heteroatoms. The summed E-state index contributed by atoms with van der Waals surface area (Å²) in [6.45, 7) is 2.80. The van der Waals surface area contributed by atoms with Crippen molar-refractivity contribution < 1.29 is 14.6 Å². The molecule has 18 heavy (non-hydrogen) atoms. The molecule has 0 heterocycles. The van der Waals surface area contributed by atoms with Gasteiger partial charge in [0.2, 0.25) is 5.91 Å². The van der Waals surface area contributed by atoms with Crippen molar-refractivity contribution in [1.82, 2.24) is 5.32 Å². The van der Waals surface area contributed by atoms with Gasteiger partial charge in [0.1, 0.15) is 13.2 Å². The molecule has 1 rings (SSSR count). The predicted octanol–water partition coefficient (Wildman–Crippen LogP) is 0.683. The van der Waals surface area contributed by atoms with Crippen molar-refractivity contribution in [3.8, 4) is 11.8 Å². The molecule has 0 saturated carbocycles. The van der Waals surface area contributed by atoms with Crippen molar-refractivity contribution in [2.75, 3.05) is 19.8 Å². The number of carbonyl (C=O) groups is 1. The maximum Gasteiger partial charge on any atom is 0.246 e. The maximum absolute atomic E-state index is 11.3. The van der Waals surface area contributed by atoms with E-state index in [9.17, 15) is 4.79 Å². The second kappa shape index (κ2) is 8.29. The normalized spacial score (nSPS) is 9.44. The molecule has 0 unspecified atom stereocenters. The fourth-order valence-electron chi connectivity index (χ4n) is 1.29. The lowest BCUT2D eigenvalue weighted by Gasteiger charge is -2.05. The molecule has 0 fully saturated rings. The zero-order valence-corrected chi connectivity index (χ0v) is 10.4. The van der Waals surface area contributed by atoms with Crippen LogP contribution in [0.3, 0.4) is 0 Å². The van der Waals surface area contributed by atoms with E-state index < -0.39 is 0 Å². The fraction of sp³-hybridized carbons (Fsp3) is 0.357. The minimum atomic E-state index is -0.144. The Hall–Kier alpha value is -1.83. The Kier molecular flexibility index (Phi) is 6.55. The van der Waals surface area contributed by atoms with Gasteiger partial charge in [0.05, 0.1) is 0 Å². The molecule has 0 spiro atoms. The van der Waals surface area contributed by atoms with Crippen molar-refractivity contribution in [2.45, 2.75) is 13.5 Å². The summed E-state index contributed by atoms with van der Waals surface area (Å²) < 4.78 is 4.99. The van der Waals surface area contributed by atoms with Crippen molar-refractivity contribution in [1.29, 1.82) is 0 Å². The van der Waals surface area contributed by atoms with Gasteiger partial charge in [-0.05, 0) is 24.6 Å². The van der Waals surface area contributed by atoms with Crippen molar-refractivity contribution >= 4 is 5.91 Å². The van der Waals surface area contributed by atoms with Crippen LogP contribution in [-0.2, 0) is 16.1 Å². The minimum absolute atomic E-state index is 0.0938. The largest absolute Gasteiger partial charge is 0.384 e. The van der Waals surface area contributed by atoms with Crippen molar-refractivity contribution in [3.05, 3.63) is 35.4 Å². The van der Waals surface area contributed by atoms with Crippen LogP contribution >= 0.6 is 0 Å². The molecule has 4 nitrogen and oxygen atoms in total. The number of benzene rings is 1. The van der Waals surface area contributed by atoms with Gasteiger partial charge >= 0.3 is 0 Å². The van der Waals surface area contributed by atoms with E-state index in [-0.39, 0.29) is 19.1 Å². The monoisotopic (exact) mass is 247 g/mol. The van der Waals surface area contributed by atoms with Gasteiger partial charge in [0.25, 0.3) is 0 Å². The first-order valence-corrected chi connectivity index (χ1v) is 5.79. The second-order valence-corrected chi connectivity index (χ2v) is 3.57. The van der Waals surface area contributed by atoms with E-state index >= 15 is 0 Å². The van der Waals surface area contributed by atoms with Crippen molar-refractivity contribution in [2.24, 2.45) is 0 Å². The van der Waals surface area contributed by atoms with E-state index in [1.165, 1.54) is 0 Å². The summed E-state index contributed by atoms with van der Waals surface area (Å²) in [5.41, 5.74) is 1.84. The molecule has 1 aromatic carbocycles. The highest BCUT2D eigenvalue weighted by Crippen LogP contribution is 2.02. The number of amides is 1. The molecule has 0 saturated heterocycles. The Bertz CT molecular complexity index is 429. The van der Waals surface area contributed by atoms with Crippen LogP contribution in [0.2, 0.25) is 0 Å². The van der Waals surface area contributed by atoms with Gasteiger partial charge in [-0.15, -0.1) is 0 Å². The third-order valence-corrected chi connectivity index (χ3v) is 2.19. The topological polar surface area (TPSA) is 58.6 Å². The molecule has 0 aliphatic rings. The van der Waals surface area contributed by atoms with Gasteiger partial charge in [-0.3, -0.25) is 4.79 Å². The summed E-state index contributed by atoms with van der Waals surface area (Å²) in [7, 11) is 0. The first kappa shape index (κ1) is 14.2. The highest BCUT2D eigenvalue weighted by atomic mass is 16.5. The smallest absolute Gasteiger partial charge is 0.246 e. The number of aliphatic hydroxyl groups is 1. The van der Waals surface area contributed by atoms with Crippen LogP contribution < -0.4 is 5.32 Å². The Morgan fingerprint density at radius 1 is 1.39 bits per heavy atom. The molecular formula is C14H17NO3. The van der Waals surface area contributed by atoms with E-state index in [2.05, 4.69) is 17.2 Å². The highest BCUT2D eigenvalue weighted by molar-refractivity contribution is 5.77. The Morgan fingerprint density at radius 2 is 2.11 bits per heavy atom. The number of ether oxygens (including phenoxy) is 1. The number of nitrogens with one attached hydrogen (secondary N) is 1. The average Bonchev–Trinajstić information content (AvgIpc) is 2.41.